The van der Waals surface area contributed by atoms with E-state index in [1.165, 1.54) is 0 Å². The number of hydrogen-bond acceptors (Lipinski definition) is 3. The first kappa shape index (κ1) is 13.0. The number of anilines is 1. The number of hydrogen-bond donors (Lipinski definition) is 2. The molecule has 0 saturated carbocycles. The molecule has 0 bridgehead atoms. The number of nitrogens with zero attached hydrogens (tertiary/aromatic N) is 1. The molecule has 0 heterocycles. The van der Waals surface area contributed by atoms with Crippen LogP contribution < -0.4 is 10.6 Å². The van der Waals surface area contributed by atoms with Crippen molar-refractivity contribution in [3.8, 4) is 6.07 Å². The van der Waals surface area contributed by atoms with Gasteiger partial charge >= 0.3 is 0 Å². The third kappa shape index (κ3) is 4.15. The lowest BCUT2D eigenvalue weighted by molar-refractivity contribution is -0.119. The smallest absolute Gasteiger partial charge is 0.239 e. The molecule has 0 radical (unpaired) electrons. The third-order valence-corrected chi connectivity index (χ3v) is 2.31. The van der Waals surface area contributed by atoms with Crippen LogP contribution in [0.5, 0.6) is 0 Å². The van der Waals surface area contributed by atoms with Crippen LogP contribution in [0.25, 0.3) is 0 Å². The van der Waals surface area contributed by atoms with E-state index < -0.39 is 0 Å². The number of nitrogens with one attached hydrogen (secondary N) is 2. The molecular formula is C13H17N3O. The summed E-state index contributed by atoms with van der Waals surface area (Å²) >= 11 is 0. The van der Waals surface area contributed by atoms with Crippen molar-refractivity contribution in [2.24, 2.45) is 0 Å². The summed E-state index contributed by atoms with van der Waals surface area (Å²) in [6.07, 6.45) is 0.916. The Balaban J connectivity index is 2.58. The topological polar surface area (TPSA) is 64.9 Å². The van der Waals surface area contributed by atoms with Gasteiger partial charge in [0.25, 0.3) is 0 Å². The summed E-state index contributed by atoms with van der Waals surface area (Å²) in [5.41, 5.74) is 2.29. The highest BCUT2D eigenvalue weighted by Gasteiger charge is 2.04. The van der Waals surface area contributed by atoms with E-state index in [1.54, 1.807) is 6.07 Å². The molecule has 2 N–H and O–H groups in total. The Morgan fingerprint density at radius 1 is 1.47 bits per heavy atom. The van der Waals surface area contributed by atoms with Gasteiger partial charge in [0.2, 0.25) is 5.91 Å². The average Bonchev–Trinajstić information content (AvgIpc) is 2.34. The van der Waals surface area contributed by atoms with E-state index in [1.807, 2.05) is 26.0 Å². The second kappa shape index (κ2) is 6.54. The summed E-state index contributed by atoms with van der Waals surface area (Å²) < 4.78 is 0. The first-order chi connectivity index (χ1) is 8.17. The molecule has 0 fully saturated rings. The van der Waals surface area contributed by atoms with Crippen molar-refractivity contribution in [1.82, 2.24) is 5.32 Å². The van der Waals surface area contributed by atoms with Gasteiger partial charge in [-0.1, -0.05) is 13.0 Å². The molecule has 0 aromatic heterocycles. The number of amides is 1. The van der Waals surface area contributed by atoms with Crippen molar-refractivity contribution >= 4 is 11.6 Å². The van der Waals surface area contributed by atoms with Crippen LogP contribution in [0.2, 0.25) is 0 Å². The monoisotopic (exact) mass is 231 g/mol. The summed E-state index contributed by atoms with van der Waals surface area (Å²) in [4.78, 5) is 11.4. The Morgan fingerprint density at radius 2 is 2.24 bits per heavy atom. The molecule has 1 amide bonds. The fourth-order valence-electron chi connectivity index (χ4n) is 1.41. The first-order valence-electron chi connectivity index (χ1n) is 5.68. The molecule has 1 rings (SSSR count). The quantitative estimate of drug-likeness (QED) is 0.812. The van der Waals surface area contributed by atoms with E-state index in [-0.39, 0.29) is 12.5 Å². The van der Waals surface area contributed by atoms with Gasteiger partial charge < -0.3 is 10.6 Å². The molecule has 1 aromatic rings. The Morgan fingerprint density at radius 3 is 2.88 bits per heavy atom. The van der Waals surface area contributed by atoms with Crippen molar-refractivity contribution in [2.75, 3.05) is 18.4 Å². The highest BCUT2D eigenvalue weighted by Crippen LogP contribution is 2.15. The number of benzene rings is 1. The number of nitriles is 1. The van der Waals surface area contributed by atoms with Crippen molar-refractivity contribution in [3.05, 3.63) is 29.3 Å². The molecule has 17 heavy (non-hydrogen) atoms. The maximum atomic E-state index is 11.4. The van der Waals surface area contributed by atoms with E-state index in [4.69, 9.17) is 5.26 Å². The van der Waals surface area contributed by atoms with E-state index in [2.05, 4.69) is 16.7 Å². The molecule has 0 saturated heterocycles. The highest BCUT2D eigenvalue weighted by molar-refractivity contribution is 5.81. The molecule has 4 nitrogen and oxygen atoms in total. The molecule has 0 aliphatic heterocycles. The molecule has 0 aliphatic carbocycles. The van der Waals surface area contributed by atoms with Gasteiger partial charge in [0.15, 0.2) is 0 Å². The molecule has 90 valence electrons. The van der Waals surface area contributed by atoms with E-state index in [9.17, 15) is 4.79 Å². The van der Waals surface area contributed by atoms with Crippen LogP contribution in [0, 0.1) is 18.3 Å². The van der Waals surface area contributed by atoms with Crippen LogP contribution >= 0.6 is 0 Å². The maximum absolute atomic E-state index is 11.4. The standard InChI is InChI=1S/C13H17N3O/c1-3-6-15-13(17)9-16-12-5-4-10(2)7-11(12)8-14/h4-5,7,16H,3,6,9H2,1-2H3,(H,15,17). The van der Waals surface area contributed by atoms with Crippen molar-refractivity contribution < 1.29 is 4.79 Å². The number of rotatable bonds is 5. The minimum Gasteiger partial charge on any atom is -0.375 e. The predicted molar refractivity (Wildman–Crippen MR) is 67.7 cm³/mol. The van der Waals surface area contributed by atoms with Crippen LogP contribution in [0.15, 0.2) is 18.2 Å². The second-order valence-corrected chi connectivity index (χ2v) is 3.86. The van der Waals surface area contributed by atoms with Gasteiger partial charge in [0.05, 0.1) is 17.8 Å². The zero-order valence-corrected chi connectivity index (χ0v) is 10.2. The lowest BCUT2D eigenvalue weighted by atomic mass is 10.1. The van der Waals surface area contributed by atoms with Gasteiger partial charge in [0.1, 0.15) is 6.07 Å². The van der Waals surface area contributed by atoms with Crippen molar-refractivity contribution in [1.29, 1.82) is 5.26 Å². The molecule has 0 atom stereocenters. The normalized spacial score (nSPS) is 9.47. The Bertz CT molecular complexity index is 435. The predicted octanol–water partition coefficient (Wildman–Crippen LogP) is 1.80. The summed E-state index contributed by atoms with van der Waals surface area (Å²) in [5, 5.41) is 14.7. The summed E-state index contributed by atoms with van der Waals surface area (Å²) in [6, 6.07) is 7.64. The number of aryl methyl sites for hydroxylation is 1. The highest BCUT2D eigenvalue weighted by atomic mass is 16.1. The molecular weight excluding hydrogens is 214 g/mol. The fourth-order valence-corrected chi connectivity index (χ4v) is 1.41. The molecule has 0 spiro atoms. The van der Waals surface area contributed by atoms with Crippen LogP contribution in [0.1, 0.15) is 24.5 Å². The first-order valence-corrected chi connectivity index (χ1v) is 5.68. The Kier molecular flexibility index (Phi) is 5.02. The van der Waals surface area contributed by atoms with Gasteiger partial charge in [-0.2, -0.15) is 5.26 Å². The summed E-state index contributed by atoms with van der Waals surface area (Å²) in [6.45, 7) is 4.80. The van der Waals surface area contributed by atoms with Crippen LogP contribution in [0.4, 0.5) is 5.69 Å². The Hall–Kier alpha value is -2.02. The summed E-state index contributed by atoms with van der Waals surface area (Å²) in [7, 11) is 0. The molecule has 1 aromatic carbocycles. The van der Waals surface area contributed by atoms with Gasteiger partial charge in [0, 0.05) is 6.54 Å². The molecule has 0 aliphatic rings. The maximum Gasteiger partial charge on any atom is 0.239 e. The fraction of sp³-hybridized carbons (Fsp3) is 0.385. The third-order valence-electron chi connectivity index (χ3n) is 2.31. The SMILES string of the molecule is CCCNC(=O)CNc1ccc(C)cc1C#N. The zero-order chi connectivity index (χ0) is 12.7. The number of carbonyl (C=O) groups excluding carboxylic acids is 1. The van der Waals surface area contributed by atoms with Crippen molar-refractivity contribution in [3.63, 3.8) is 0 Å². The van der Waals surface area contributed by atoms with E-state index >= 15 is 0 Å². The van der Waals surface area contributed by atoms with Crippen LogP contribution in [0.3, 0.4) is 0 Å². The largest absolute Gasteiger partial charge is 0.375 e. The molecule has 0 unspecified atom stereocenters. The minimum absolute atomic E-state index is 0.0590. The lowest BCUT2D eigenvalue weighted by Crippen LogP contribution is -2.30. The number of carbonyl (C=O) groups is 1. The van der Waals surface area contributed by atoms with Crippen LogP contribution in [-0.2, 0) is 4.79 Å². The van der Waals surface area contributed by atoms with Gasteiger partial charge in [-0.05, 0) is 31.0 Å². The lowest BCUT2D eigenvalue weighted by Gasteiger charge is -2.08. The Labute approximate surface area is 102 Å². The second-order valence-electron chi connectivity index (χ2n) is 3.86. The van der Waals surface area contributed by atoms with Gasteiger partial charge in [-0.3, -0.25) is 4.79 Å². The van der Waals surface area contributed by atoms with Gasteiger partial charge in [-0.25, -0.2) is 0 Å². The van der Waals surface area contributed by atoms with Crippen molar-refractivity contribution in [2.45, 2.75) is 20.3 Å². The van der Waals surface area contributed by atoms with E-state index in [0.717, 1.165) is 12.0 Å². The molecule has 4 heteroatoms. The van der Waals surface area contributed by atoms with Crippen LogP contribution in [-0.4, -0.2) is 19.0 Å². The minimum atomic E-state index is -0.0590. The van der Waals surface area contributed by atoms with E-state index in [0.29, 0.717) is 17.8 Å². The zero-order valence-electron chi connectivity index (χ0n) is 10.2. The average molecular weight is 231 g/mol. The summed E-state index contributed by atoms with van der Waals surface area (Å²) in [5.74, 6) is -0.0590. The van der Waals surface area contributed by atoms with Gasteiger partial charge in [-0.15, -0.1) is 0 Å².